The predicted octanol–water partition coefficient (Wildman–Crippen LogP) is 4.47. The van der Waals surface area contributed by atoms with Gasteiger partial charge in [0.05, 0.1) is 6.54 Å². The summed E-state index contributed by atoms with van der Waals surface area (Å²) < 4.78 is 0. The molecule has 22 heavy (non-hydrogen) atoms. The number of hydrogen-bond donors (Lipinski definition) is 1. The Morgan fingerprint density at radius 3 is 2.68 bits per heavy atom. The van der Waals surface area contributed by atoms with E-state index in [4.69, 9.17) is 11.6 Å². The molecule has 3 rings (SSSR count). The number of thioether (sulfide) groups is 1. The quantitative estimate of drug-likeness (QED) is 0.894. The summed E-state index contributed by atoms with van der Waals surface area (Å²) in [6.45, 7) is 3.86. The second kappa shape index (κ2) is 7.21. The number of aryl methyl sites for hydroxylation is 1. The summed E-state index contributed by atoms with van der Waals surface area (Å²) in [5.74, 6) is 1.34. The lowest BCUT2D eigenvalue weighted by molar-refractivity contribution is 0.761. The number of benzene rings is 2. The fourth-order valence-electron chi connectivity index (χ4n) is 2.58. The zero-order chi connectivity index (χ0) is 15.4. The van der Waals surface area contributed by atoms with Gasteiger partial charge in [-0.3, -0.25) is 4.99 Å². The fourth-order valence-corrected chi connectivity index (χ4v) is 3.52. The van der Waals surface area contributed by atoms with Crippen LogP contribution in [0.3, 0.4) is 0 Å². The average molecular weight is 331 g/mol. The Balaban J connectivity index is 1.85. The molecule has 2 aromatic rings. The molecular formula is C18H19ClN2S. The molecule has 1 unspecified atom stereocenters. The molecule has 0 amide bonds. The van der Waals surface area contributed by atoms with Gasteiger partial charge < -0.3 is 5.32 Å². The van der Waals surface area contributed by atoms with Crippen molar-refractivity contribution in [2.45, 2.75) is 12.8 Å². The van der Waals surface area contributed by atoms with Gasteiger partial charge in [-0.25, -0.2) is 0 Å². The van der Waals surface area contributed by atoms with Crippen LogP contribution in [0.2, 0.25) is 5.02 Å². The van der Waals surface area contributed by atoms with Crippen LogP contribution in [0.5, 0.6) is 0 Å². The van der Waals surface area contributed by atoms with E-state index in [1.165, 1.54) is 16.7 Å². The second-order valence-electron chi connectivity index (χ2n) is 5.43. The summed E-state index contributed by atoms with van der Waals surface area (Å²) in [6.07, 6.45) is 0. The molecular weight excluding hydrogens is 312 g/mol. The Hall–Kier alpha value is -1.45. The number of amidine groups is 1. The Morgan fingerprint density at radius 1 is 1.18 bits per heavy atom. The summed E-state index contributed by atoms with van der Waals surface area (Å²) >= 11 is 7.97. The van der Waals surface area contributed by atoms with E-state index < -0.39 is 0 Å². The van der Waals surface area contributed by atoms with E-state index in [-0.39, 0.29) is 5.92 Å². The first-order valence-electron chi connectivity index (χ1n) is 7.45. The number of hydrogen-bond acceptors (Lipinski definition) is 3. The average Bonchev–Trinajstić information content (AvgIpc) is 3.03. The molecule has 0 spiro atoms. The number of halogens is 1. The molecule has 2 aromatic carbocycles. The van der Waals surface area contributed by atoms with E-state index >= 15 is 0 Å². The van der Waals surface area contributed by atoms with E-state index in [1.54, 1.807) is 11.8 Å². The molecule has 1 aliphatic heterocycles. The highest BCUT2D eigenvalue weighted by molar-refractivity contribution is 8.14. The molecule has 4 heteroatoms. The number of rotatable bonds is 4. The molecule has 1 atom stereocenters. The van der Waals surface area contributed by atoms with Gasteiger partial charge in [0.15, 0.2) is 5.17 Å². The largest absolute Gasteiger partial charge is 0.364 e. The van der Waals surface area contributed by atoms with Crippen LogP contribution in [0.25, 0.3) is 0 Å². The first kappa shape index (κ1) is 15.4. The Bertz CT molecular complexity index is 667. The normalized spacial score (nSPS) is 15.5. The van der Waals surface area contributed by atoms with Gasteiger partial charge >= 0.3 is 0 Å². The van der Waals surface area contributed by atoms with Crippen LogP contribution < -0.4 is 5.32 Å². The molecule has 0 aliphatic carbocycles. The van der Waals surface area contributed by atoms with E-state index in [2.05, 4.69) is 53.6 Å². The van der Waals surface area contributed by atoms with E-state index in [9.17, 15) is 0 Å². The predicted molar refractivity (Wildman–Crippen MR) is 97.2 cm³/mol. The summed E-state index contributed by atoms with van der Waals surface area (Å²) in [6, 6.07) is 16.9. The third-order valence-electron chi connectivity index (χ3n) is 3.77. The Labute approximate surface area is 141 Å². The molecule has 0 fully saturated rings. The van der Waals surface area contributed by atoms with Crippen molar-refractivity contribution in [2.24, 2.45) is 4.99 Å². The molecule has 1 aliphatic rings. The van der Waals surface area contributed by atoms with Crippen molar-refractivity contribution in [3.63, 3.8) is 0 Å². The van der Waals surface area contributed by atoms with Gasteiger partial charge in [0.1, 0.15) is 0 Å². The summed E-state index contributed by atoms with van der Waals surface area (Å²) in [7, 11) is 0. The van der Waals surface area contributed by atoms with Crippen LogP contribution in [-0.2, 0) is 0 Å². The number of aliphatic imine (C=N–C) groups is 1. The van der Waals surface area contributed by atoms with Crippen molar-refractivity contribution in [1.82, 2.24) is 5.32 Å². The molecule has 114 valence electrons. The fraction of sp³-hybridized carbons (Fsp3) is 0.278. The first-order valence-corrected chi connectivity index (χ1v) is 8.82. The highest BCUT2D eigenvalue weighted by Gasteiger charge is 2.16. The van der Waals surface area contributed by atoms with Crippen molar-refractivity contribution in [3.8, 4) is 0 Å². The zero-order valence-electron chi connectivity index (χ0n) is 12.6. The smallest absolute Gasteiger partial charge is 0.156 e. The van der Waals surface area contributed by atoms with E-state index in [0.29, 0.717) is 0 Å². The lowest BCUT2D eigenvalue weighted by Gasteiger charge is -2.19. The second-order valence-corrected chi connectivity index (χ2v) is 6.95. The summed E-state index contributed by atoms with van der Waals surface area (Å²) in [5.41, 5.74) is 3.80. The standard InChI is InChI=1S/C18H19ClN2S/c1-13-5-7-14(8-6-13)17(12-21-18-20-9-10-22-18)15-3-2-4-16(19)11-15/h2-8,11,17H,9-10,12H2,1H3,(H,20,21). The van der Waals surface area contributed by atoms with Crippen molar-refractivity contribution >= 4 is 28.5 Å². The highest BCUT2D eigenvalue weighted by atomic mass is 35.5. The minimum Gasteiger partial charge on any atom is -0.364 e. The van der Waals surface area contributed by atoms with Crippen molar-refractivity contribution < 1.29 is 0 Å². The monoisotopic (exact) mass is 330 g/mol. The van der Waals surface area contributed by atoms with Crippen molar-refractivity contribution in [1.29, 1.82) is 0 Å². The van der Waals surface area contributed by atoms with Crippen LogP contribution in [0.15, 0.2) is 53.5 Å². The van der Waals surface area contributed by atoms with Gasteiger partial charge in [-0.15, -0.1) is 0 Å². The summed E-state index contributed by atoms with van der Waals surface area (Å²) in [5, 5.41) is 5.32. The third-order valence-corrected chi connectivity index (χ3v) is 4.94. The van der Waals surface area contributed by atoms with Gasteiger partial charge in [-0.05, 0) is 30.2 Å². The number of nitrogens with one attached hydrogen (secondary N) is 1. The minimum absolute atomic E-state index is 0.267. The maximum atomic E-state index is 6.18. The van der Waals surface area contributed by atoms with Crippen LogP contribution in [0.1, 0.15) is 22.6 Å². The molecule has 0 saturated carbocycles. The molecule has 1 heterocycles. The number of nitrogens with zero attached hydrogens (tertiary/aromatic N) is 1. The summed E-state index contributed by atoms with van der Waals surface area (Å²) in [4.78, 5) is 4.47. The zero-order valence-corrected chi connectivity index (χ0v) is 14.1. The SMILES string of the molecule is Cc1ccc(C(CNC2=NCCS2)c2cccc(Cl)c2)cc1. The van der Waals surface area contributed by atoms with Crippen LogP contribution in [-0.4, -0.2) is 24.0 Å². The van der Waals surface area contributed by atoms with E-state index in [1.807, 2.05) is 12.1 Å². The van der Waals surface area contributed by atoms with Crippen molar-refractivity contribution in [3.05, 3.63) is 70.2 Å². The first-order chi connectivity index (χ1) is 10.7. The topological polar surface area (TPSA) is 24.4 Å². The maximum absolute atomic E-state index is 6.18. The van der Waals surface area contributed by atoms with Crippen LogP contribution in [0.4, 0.5) is 0 Å². The molecule has 0 radical (unpaired) electrons. The maximum Gasteiger partial charge on any atom is 0.156 e. The molecule has 0 bridgehead atoms. The third kappa shape index (κ3) is 3.84. The molecule has 0 aromatic heterocycles. The van der Waals surface area contributed by atoms with Crippen molar-refractivity contribution in [2.75, 3.05) is 18.8 Å². The Morgan fingerprint density at radius 2 is 2.00 bits per heavy atom. The minimum atomic E-state index is 0.267. The van der Waals surface area contributed by atoms with Gasteiger partial charge in [0.25, 0.3) is 0 Å². The van der Waals surface area contributed by atoms with Gasteiger partial charge in [0, 0.05) is 23.2 Å². The highest BCUT2D eigenvalue weighted by Crippen LogP contribution is 2.27. The molecule has 1 N–H and O–H groups in total. The van der Waals surface area contributed by atoms with Gasteiger partial charge in [-0.2, -0.15) is 0 Å². The lowest BCUT2D eigenvalue weighted by Crippen LogP contribution is -2.26. The molecule has 2 nitrogen and oxygen atoms in total. The van der Waals surface area contributed by atoms with E-state index in [0.717, 1.165) is 29.0 Å². The lowest BCUT2D eigenvalue weighted by atomic mass is 9.91. The van der Waals surface area contributed by atoms with Crippen LogP contribution >= 0.6 is 23.4 Å². The van der Waals surface area contributed by atoms with Gasteiger partial charge in [0.2, 0.25) is 0 Å². The van der Waals surface area contributed by atoms with Gasteiger partial charge in [-0.1, -0.05) is 65.3 Å². The molecule has 0 saturated heterocycles. The Kier molecular flexibility index (Phi) is 5.06. The van der Waals surface area contributed by atoms with Crippen LogP contribution in [0, 0.1) is 6.92 Å².